The molecule has 0 fully saturated rings. The lowest BCUT2D eigenvalue weighted by molar-refractivity contribution is 0.0695. The van der Waals surface area contributed by atoms with Gasteiger partial charge in [-0.2, -0.15) is 0 Å². The van der Waals surface area contributed by atoms with Gasteiger partial charge in [-0.25, -0.2) is 4.79 Å². The van der Waals surface area contributed by atoms with Gasteiger partial charge in [0.2, 0.25) is 0 Å². The topological polar surface area (TPSA) is 57.5 Å². The fraction of sp³-hybridized carbons (Fsp3) is 0.364. The van der Waals surface area contributed by atoms with E-state index in [1.807, 2.05) is 6.07 Å². The minimum atomic E-state index is -0.921. The molecule has 76 valence electrons. The maximum atomic E-state index is 10.8. The Kier molecular flexibility index (Phi) is 3.25. The van der Waals surface area contributed by atoms with E-state index in [0.717, 1.165) is 11.1 Å². The maximum Gasteiger partial charge on any atom is 0.335 e. The number of hydrogen-bond donors (Lipinski definition) is 2. The van der Waals surface area contributed by atoms with Gasteiger partial charge < -0.3 is 10.2 Å². The molecule has 0 heterocycles. The van der Waals surface area contributed by atoms with Gasteiger partial charge >= 0.3 is 5.97 Å². The predicted molar refractivity (Wildman–Crippen MR) is 53.5 cm³/mol. The molecule has 14 heavy (non-hydrogen) atoms. The number of aryl methyl sites for hydroxylation is 1. The minimum Gasteiger partial charge on any atom is -0.478 e. The van der Waals surface area contributed by atoms with E-state index in [9.17, 15) is 4.79 Å². The number of aromatic carboxylic acids is 1. The van der Waals surface area contributed by atoms with Crippen molar-refractivity contribution in [2.75, 3.05) is 0 Å². The number of carboxylic acid groups (broad SMARTS) is 1. The molecule has 1 rings (SSSR count). The second kappa shape index (κ2) is 4.24. The quantitative estimate of drug-likeness (QED) is 0.768. The van der Waals surface area contributed by atoms with Crippen LogP contribution in [0.15, 0.2) is 18.2 Å². The summed E-state index contributed by atoms with van der Waals surface area (Å²) in [6.45, 7) is 3.44. The second-order valence-corrected chi connectivity index (χ2v) is 3.51. The van der Waals surface area contributed by atoms with Gasteiger partial charge in [0.05, 0.1) is 11.7 Å². The summed E-state index contributed by atoms with van der Waals surface area (Å²) in [6, 6.07) is 5.22. The number of aliphatic hydroxyl groups excluding tert-OH is 1. The summed E-state index contributed by atoms with van der Waals surface area (Å²) in [5.74, 6) is -0.921. The molecule has 0 amide bonds. The van der Waals surface area contributed by atoms with Crippen molar-refractivity contribution in [3.05, 3.63) is 34.9 Å². The van der Waals surface area contributed by atoms with Crippen molar-refractivity contribution in [3.63, 3.8) is 0 Å². The monoisotopic (exact) mass is 194 g/mol. The Bertz CT molecular complexity index is 342. The average molecular weight is 194 g/mol. The zero-order valence-electron chi connectivity index (χ0n) is 8.32. The Morgan fingerprint density at radius 3 is 2.64 bits per heavy atom. The summed E-state index contributed by atoms with van der Waals surface area (Å²) >= 11 is 0. The van der Waals surface area contributed by atoms with Crippen molar-refractivity contribution in [3.8, 4) is 0 Å². The van der Waals surface area contributed by atoms with Crippen molar-refractivity contribution >= 4 is 5.97 Å². The Labute approximate surface area is 83.0 Å². The number of carbonyl (C=O) groups is 1. The second-order valence-electron chi connectivity index (χ2n) is 3.51. The van der Waals surface area contributed by atoms with Gasteiger partial charge in [0.15, 0.2) is 0 Å². The maximum absolute atomic E-state index is 10.8. The van der Waals surface area contributed by atoms with E-state index in [0.29, 0.717) is 12.0 Å². The van der Waals surface area contributed by atoms with Crippen LogP contribution >= 0.6 is 0 Å². The molecule has 0 aliphatic heterocycles. The molecule has 0 aromatic heterocycles. The molecule has 0 spiro atoms. The molecule has 0 aliphatic rings. The van der Waals surface area contributed by atoms with Crippen molar-refractivity contribution < 1.29 is 15.0 Å². The molecule has 1 aromatic carbocycles. The van der Waals surface area contributed by atoms with Crippen molar-refractivity contribution in [2.24, 2.45) is 0 Å². The first-order valence-corrected chi connectivity index (χ1v) is 4.51. The van der Waals surface area contributed by atoms with Gasteiger partial charge in [-0.3, -0.25) is 0 Å². The van der Waals surface area contributed by atoms with Gasteiger partial charge in [0, 0.05) is 0 Å². The number of hydrogen-bond acceptors (Lipinski definition) is 2. The van der Waals surface area contributed by atoms with Crippen LogP contribution in [-0.2, 0) is 6.42 Å². The summed E-state index contributed by atoms with van der Waals surface area (Å²) in [4.78, 5) is 10.8. The Morgan fingerprint density at radius 1 is 1.50 bits per heavy atom. The fourth-order valence-corrected chi connectivity index (χ4v) is 1.37. The lowest BCUT2D eigenvalue weighted by Crippen LogP contribution is -2.06. The van der Waals surface area contributed by atoms with E-state index in [1.165, 1.54) is 0 Å². The van der Waals surface area contributed by atoms with Crippen LogP contribution in [0.4, 0.5) is 0 Å². The van der Waals surface area contributed by atoms with Crippen LogP contribution in [0.2, 0.25) is 0 Å². The molecule has 3 heteroatoms. The van der Waals surface area contributed by atoms with Gasteiger partial charge in [-0.05, 0) is 37.5 Å². The van der Waals surface area contributed by atoms with E-state index in [1.54, 1.807) is 26.0 Å². The van der Waals surface area contributed by atoms with Crippen LogP contribution in [0.25, 0.3) is 0 Å². The van der Waals surface area contributed by atoms with Crippen LogP contribution in [0, 0.1) is 6.92 Å². The van der Waals surface area contributed by atoms with E-state index in [4.69, 9.17) is 10.2 Å². The largest absolute Gasteiger partial charge is 0.478 e. The Balaban J connectivity index is 3.00. The van der Waals surface area contributed by atoms with Crippen LogP contribution in [0.5, 0.6) is 0 Å². The molecule has 3 nitrogen and oxygen atoms in total. The third-order valence-corrected chi connectivity index (χ3v) is 2.06. The zero-order chi connectivity index (χ0) is 10.7. The van der Waals surface area contributed by atoms with E-state index < -0.39 is 12.1 Å². The van der Waals surface area contributed by atoms with E-state index in [2.05, 4.69) is 0 Å². The SMILES string of the molecule is Cc1ccc(CC(C)O)cc1C(=O)O. The third-order valence-electron chi connectivity index (χ3n) is 2.06. The normalized spacial score (nSPS) is 12.5. The molecule has 1 atom stereocenters. The fourth-order valence-electron chi connectivity index (χ4n) is 1.37. The van der Waals surface area contributed by atoms with E-state index >= 15 is 0 Å². The summed E-state index contributed by atoms with van der Waals surface area (Å²) < 4.78 is 0. The highest BCUT2D eigenvalue weighted by Crippen LogP contribution is 2.12. The summed E-state index contributed by atoms with van der Waals surface area (Å²) in [6.07, 6.45) is 0.0416. The highest BCUT2D eigenvalue weighted by molar-refractivity contribution is 5.89. The van der Waals surface area contributed by atoms with Crippen LogP contribution in [-0.4, -0.2) is 22.3 Å². The first-order chi connectivity index (χ1) is 6.50. The van der Waals surface area contributed by atoms with Gasteiger partial charge in [-0.15, -0.1) is 0 Å². The van der Waals surface area contributed by atoms with Crippen LogP contribution in [0.3, 0.4) is 0 Å². The molecule has 0 bridgehead atoms. The van der Waals surface area contributed by atoms with Crippen LogP contribution in [0.1, 0.15) is 28.4 Å². The molecule has 1 aromatic rings. The van der Waals surface area contributed by atoms with Crippen LogP contribution < -0.4 is 0 Å². The highest BCUT2D eigenvalue weighted by Gasteiger charge is 2.08. The standard InChI is InChI=1S/C11H14O3/c1-7-3-4-9(5-8(2)12)6-10(7)11(13)14/h3-4,6,8,12H,5H2,1-2H3,(H,13,14). The summed E-state index contributed by atoms with van der Waals surface area (Å²) in [5.41, 5.74) is 1.90. The zero-order valence-corrected chi connectivity index (χ0v) is 8.32. The minimum absolute atomic E-state index is 0.308. The number of carboxylic acids is 1. The van der Waals surface area contributed by atoms with Gasteiger partial charge in [0.1, 0.15) is 0 Å². The smallest absolute Gasteiger partial charge is 0.335 e. The molecular weight excluding hydrogens is 180 g/mol. The summed E-state index contributed by atoms with van der Waals surface area (Å²) in [7, 11) is 0. The highest BCUT2D eigenvalue weighted by atomic mass is 16.4. The van der Waals surface area contributed by atoms with Crippen molar-refractivity contribution in [2.45, 2.75) is 26.4 Å². The van der Waals surface area contributed by atoms with Crippen molar-refractivity contribution in [1.29, 1.82) is 0 Å². The Hall–Kier alpha value is -1.35. The molecule has 0 saturated heterocycles. The number of aliphatic hydroxyl groups is 1. The Morgan fingerprint density at radius 2 is 2.14 bits per heavy atom. The van der Waals surface area contributed by atoms with Gasteiger partial charge in [-0.1, -0.05) is 12.1 Å². The first kappa shape index (κ1) is 10.7. The predicted octanol–water partition coefficient (Wildman–Crippen LogP) is 1.62. The molecule has 0 saturated carbocycles. The molecular formula is C11H14O3. The number of benzene rings is 1. The first-order valence-electron chi connectivity index (χ1n) is 4.51. The third kappa shape index (κ3) is 2.57. The lowest BCUT2D eigenvalue weighted by atomic mass is 10.0. The molecule has 2 N–H and O–H groups in total. The van der Waals surface area contributed by atoms with E-state index in [-0.39, 0.29) is 0 Å². The molecule has 1 unspecified atom stereocenters. The lowest BCUT2D eigenvalue weighted by Gasteiger charge is -2.07. The average Bonchev–Trinajstić information content (AvgIpc) is 2.07. The molecule has 0 aliphatic carbocycles. The number of rotatable bonds is 3. The van der Waals surface area contributed by atoms with Gasteiger partial charge in [0.25, 0.3) is 0 Å². The molecule has 0 radical (unpaired) electrons. The van der Waals surface area contributed by atoms with Crippen molar-refractivity contribution in [1.82, 2.24) is 0 Å². The summed E-state index contributed by atoms with van der Waals surface area (Å²) in [5, 5.41) is 18.0.